The van der Waals surface area contributed by atoms with Crippen molar-refractivity contribution in [1.82, 2.24) is 4.98 Å². The fraction of sp³-hybridized carbons (Fsp3) is 0.125. The standard InChI is InChI=1S/C8H6FNS/c9-8-6-7(2-1-5-11)3-4-10-8/h3-4,6,11H,5H2. The largest absolute Gasteiger partial charge is 0.228 e. The third-order valence-electron chi connectivity index (χ3n) is 1.04. The molecular weight excluding hydrogens is 161 g/mol. The Morgan fingerprint density at radius 1 is 1.64 bits per heavy atom. The molecule has 0 N–H and O–H groups in total. The molecule has 0 saturated carbocycles. The van der Waals surface area contributed by atoms with Gasteiger partial charge >= 0.3 is 0 Å². The molecule has 56 valence electrons. The number of hydrogen-bond acceptors (Lipinski definition) is 2. The summed E-state index contributed by atoms with van der Waals surface area (Å²) in [5, 5.41) is 0. The van der Waals surface area contributed by atoms with Crippen LogP contribution in [-0.4, -0.2) is 10.7 Å². The number of aromatic nitrogens is 1. The van der Waals surface area contributed by atoms with Crippen molar-refractivity contribution in [3.8, 4) is 11.8 Å². The minimum absolute atomic E-state index is 0.476. The van der Waals surface area contributed by atoms with Crippen molar-refractivity contribution in [3.05, 3.63) is 29.8 Å². The zero-order valence-electron chi connectivity index (χ0n) is 5.71. The van der Waals surface area contributed by atoms with Crippen LogP contribution in [-0.2, 0) is 0 Å². The first-order valence-corrected chi connectivity index (χ1v) is 3.67. The summed E-state index contributed by atoms with van der Waals surface area (Å²) in [6.45, 7) is 0. The van der Waals surface area contributed by atoms with Crippen LogP contribution in [0.2, 0.25) is 0 Å². The average Bonchev–Trinajstić information content (AvgIpc) is 2.01. The van der Waals surface area contributed by atoms with E-state index in [2.05, 4.69) is 29.5 Å². The lowest BCUT2D eigenvalue weighted by Crippen LogP contribution is -1.82. The van der Waals surface area contributed by atoms with Gasteiger partial charge in [0.2, 0.25) is 5.95 Å². The van der Waals surface area contributed by atoms with E-state index in [1.165, 1.54) is 12.3 Å². The molecule has 0 spiro atoms. The summed E-state index contributed by atoms with van der Waals surface area (Å²) in [6, 6.07) is 2.94. The lowest BCUT2D eigenvalue weighted by Gasteiger charge is -1.87. The van der Waals surface area contributed by atoms with Gasteiger partial charge in [0, 0.05) is 17.8 Å². The van der Waals surface area contributed by atoms with Gasteiger partial charge in [-0.2, -0.15) is 17.0 Å². The molecule has 0 aliphatic rings. The Kier molecular flexibility index (Phi) is 2.94. The topological polar surface area (TPSA) is 12.9 Å². The Morgan fingerprint density at radius 2 is 2.45 bits per heavy atom. The third-order valence-corrected chi connectivity index (χ3v) is 1.20. The molecule has 0 saturated heterocycles. The Hall–Kier alpha value is -1.01. The van der Waals surface area contributed by atoms with E-state index < -0.39 is 5.95 Å². The Morgan fingerprint density at radius 3 is 3.09 bits per heavy atom. The number of pyridine rings is 1. The molecule has 0 aliphatic heterocycles. The Bertz CT molecular complexity index is 300. The molecule has 0 bridgehead atoms. The molecule has 1 aromatic rings. The van der Waals surface area contributed by atoms with Crippen molar-refractivity contribution in [1.29, 1.82) is 0 Å². The van der Waals surface area contributed by atoms with Crippen LogP contribution in [0.5, 0.6) is 0 Å². The van der Waals surface area contributed by atoms with Gasteiger partial charge in [-0.15, -0.1) is 0 Å². The summed E-state index contributed by atoms with van der Waals surface area (Å²) in [5.41, 5.74) is 0.631. The number of halogens is 1. The van der Waals surface area contributed by atoms with E-state index in [1.54, 1.807) is 6.07 Å². The van der Waals surface area contributed by atoms with Crippen LogP contribution in [0.1, 0.15) is 5.56 Å². The lowest BCUT2D eigenvalue weighted by atomic mass is 10.3. The molecule has 0 radical (unpaired) electrons. The first-order valence-electron chi connectivity index (χ1n) is 3.04. The molecule has 0 aliphatic carbocycles. The summed E-state index contributed by atoms with van der Waals surface area (Å²) in [5.74, 6) is 5.41. The molecule has 0 unspecified atom stereocenters. The number of rotatable bonds is 0. The number of hydrogen-bond donors (Lipinski definition) is 1. The lowest BCUT2D eigenvalue weighted by molar-refractivity contribution is 0.583. The predicted octanol–water partition coefficient (Wildman–Crippen LogP) is 1.50. The van der Waals surface area contributed by atoms with E-state index in [0.29, 0.717) is 11.3 Å². The van der Waals surface area contributed by atoms with Gasteiger partial charge in [0.05, 0.1) is 5.75 Å². The second-order valence-electron chi connectivity index (χ2n) is 1.83. The van der Waals surface area contributed by atoms with Crippen LogP contribution < -0.4 is 0 Å². The second kappa shape index (κ2) is 3.99. The smallest absolute Gasteiger partial charge is 0.214 e. The van der Waals surface area contributed by atoms with Crippen LogP contribution >= 0.6 is 12.6 Å². The summed E-state index contributed by atoms with van der Waals surface area (Å²) >= 11 is 3.89. The Balaban J connectivity index is 2.87. The number of nitrogens with zero attached hydrogens (tertiary/aromatic N) is 1. The summed E-state index contributed by atoms with van der Waals surface area (Å²) in [7, 11) is 0. The van der Waals surface area contributed by atoms with Crippen molar-refractivity contribution in [2.45, 2.75) is 0 Å². The zero-order chi connectivity index (χ0) is 8.10. The quantitative estimate of drug-likeness (QED) is 0.351. The Labute approximate surface area is 70.1 Å². The van der Waals surface area contributed by atoms with Gasteiger partial charge in [0.25, 0.3) is 0 Å². The van der Waals surface area contributed by atoms with Gasteiger partial charge in [-0.1, -0.05) is 11.8 Å². The van der Waals surface area contributed by atoms with Gasteiger partial charge < -0.3 is 0 Å². The molecule has 1 rings (SSSR count). The summed E-state index contributed by atoms with van der Waals surface area (Å²) in [4.78, 5) is 3.39. The van der Waals surface area contributed by atoms with Crippen molar-refractivity contribution in [3.63, 3.8) is 0 Å². The molecule has 1 nitrogen and oxygen atoms in total. The molecule has 0 atom stereocenters. The van der Waals surface area contributed by atoms with E-state index in [4.69, 9.17) is 0 Å². The fourth-order valence-corrected chi connectivity index (χ4v) is 0.701. The molecule has 3 heteroatoms. The normalized spacial score (nSPS) is 8.55. The highest BCUT2D eigenvalue weighted by Crippen LogP contribution is 1.97. The van der Waals surface area contributed by atoms with Crippen molar-refractivity contribution in [2.24, 2.45) is 0 Å². The van der Waals surface area contributed by atoms with Gasteiger partial charge in [0.15, 0.2) is 0 Å². The number of thiol groups is 1. The van der Waals surface area contributed by atoms with Crippen molar-refractivity contribution < 1.29 is 4.39 Å². The van der Waals surface area contributed by atoms with Crippen molar-refractivity contribution >= 4 is 12.6 Å². The highest BCUT2D eigenvalue weighted by atomic mass is 32.1. The highest BCUT2D eigenvalue weighted by Gasteiger charge is 1.89. The van der Waals surface area contributed by atoms with Crippen LogP contribution in [0.15, 0.2) is 18.3 Å². The maximum atomic E-state index is 12.4. The van der Waals surface area contributed by atoms with Gasteiger partial charge in [-0.3, -0.25) is 0 Å². The molecule has 0 aromatic carbocycles. The van der Waals surface area contributed by atoms with Crippen LogP contribution in [0.4, 0.5) is 4.39 Å². The van der Waals surface area contributed by atoms with Crippen LogP contribution in [0.25, 0.3) is 0 Å². The molecule has 1 aromatic heterocycles. The summed E-state index contributed by atoms with van der Waals surface area (Å²) < 4.78 is 12.4. The zero-order valence-corrected chi connectivity index (χ0v) is 6.61. The van der Waals surface area contributed by atoms with Crippen LogP contribution in [0.3, 0.4) is 0 Å². The van der Waals surface area contributed by atoms with E-state index in [-0.39, 0.29) is 0 Å². The maximum absolute atomic E-state index is 12.4. The molecule has 11 heavy (non-hydrogen) atoms. The molecule has 0 amide bonds. The second-order valence-corrected chi connectivity index (χ2v) is 2.14. The summed E-state index contributed by atoms with van der Waals surface area (Å²) in [6.07, 6.45) is 1.39. The first-order chi connectivity index (χ1) is 5.33. The fourth-order valence-electron chi connectivity index (χ4n) is 0.622. The van der Waals surface area contributed by atoms with Gasteiger partial charge in [-0.25, -0.2) is 4.98 Å². The first kappa shape index (κ1) is 8.09. The van der Waals surface area contributed by atoms with Gasteiger partial charge in [-0.05, 0) is 6.07 Å². The van der Waals surface area contributed by atoms with E-state index in [1.807, 2.05) is 0 Å². The maximum Gasteiger partial charge on any atom is 0.214 e. The molecule has 1 heterocycles. The minimum Gasteiger partial charge on any atom is -0.228 e. The molecule has 0 fully saturated rings. The van der Waals surface area contributed by atoms with Crippen LogP contribution in [0, 0.1) is 17.8 Å². The van der Waals surface area contributed by atoms with E-state index >= 15 is 0 Å². The van der Waals surface area contributed by atoms with E-state index in [0.717, 1.165) is 0 Å². The molecular formula is C8H6FNS. The highest BCUT2D eigenvalue weighted by molar-refractivity contribution is 7.80. The predicted molar refractivity (Wildman–Crippen MR) is 44.9 cm³/mol. The van der Waals surface area contributed by atoms with Gasteiger partial charge in [0.1, 0.15) is 0 Å². The average molecular weight is 167 g/mol. The van der Waals surface area contributed by atoms with Crippen molar-refractivity contribution in [2.75, 3.05) is 5.75 Å². The van der Waals surface area contributed by atoms with E-state index in [9.17, 15) is 4.39 Å². The monoisotopic (exact) mass is 167 g/mol. The SMILES string of the molecule is Fc1cc(C#CCS)ccn1. The third kappa shape index (κ3) is 2.60. The minimum atomic E-state index is -0.504.